The van der Waals surface area contributed by atoms with E-state index in [0.29, 0.717) is 63.2 Å². The van der Waals surface area contributed by atoms with Gasteiger partial charge in [-0.05, 0) is 102 Å². The van der Waals surface area contributed by atoms with E-state index >= 15 is 0 Å². The Hall–Kier alpha value is -2.98. The first-order valence-electron chi connectivity index (χ1n) is 28.0. The van der Waals surface area contributed by atoms with E-state index in [1.165, 1.54) is 28.6 Å². The van der Waals surface area contributed by atoms with Crippen molar-refractivity contribution in [3.05, 3.63) is 187 Å². The summed E-state index contributed by atoms with van der Waals surface area (Å²) >= 11 is 10.8. The number of carbonyl (C=O) groups excluding carboxylic acids is 3. The van der Waals surface area contributed by atoms with Crippen molar-refractivity contribution in [3.63, 3.8) is 0 Å². The van der Waals surface area contributed by atoms with Gasteiger partial charge in [0.25, 0.3) is 6.47 Å². The zero-order chi connectivity index (χ0) is 63.5. The average molecular weight is 1680 g/mol. The molecule has 1 aliphatic heterocycles. The molecule has 7 aromatic rings. The smallest absolute Gasteiger partial charge is 1.00 e. The number of imide groups is 1. The van der Waals surface area contributed by atoms with Crippen molar-refractivity contribution in [2.24, 2.45) is 0 Å². The molecule has 0 aliphatic carbocycles. The van der Waals surface area contributed by atoms with Crippen molar-refractivity contribution >= 4 is 72.2 Å². The van der Waals surface area contributed by atoms with Crippen LogP contribution >= 0.6 is 47.8 Å². The number of alkyl halides is 1. The predicted octanol–water partition coefficient (Wildman–Crippen LogP) is 8.08. The zero-order valence-electron chi connectivity index (χ0n) is 53.0. The predicted molar refractivity (Wildman–Crippen MR) is 342 cm³/mol. The molecule has 3 atom stereocenters. The third-order valence-corrected chi connectivity index (χ3v) is 15.5. The van der Waals surface area contributed by atoms with E-state index in [-0.39, 0.29) is 201 Å². The van der Waals surface area contributed by atoms with Gasteiger partial charge in [0.05, 0.1) is 37.1 Å². The van der Waals surface area contributed by atoms with E-state index in [9.17, 15) is 24.6 Å². The number of aromatic hydroxyl groups is 1. The normalized spacial score (nSPS) is 13.0. The minimum absolute atomic E-state index is 0. The summed E-state index contributed by atoms with van der Waals surface area (Å²) in [6.45, 7) is 20.9. The van der Waals surface area contributed by atoms with Crippen LogP contribution in [0.5, 0.6) is 23.0 Å². The van der Waals surface area contributed by atoms with Crippen molar-refractivity contribution in [2.45, 2.75) is 123 Å². The molecule has 1 aliphatic rings. The van der Waals surface area contributed by atoms with Crippen molar-refractivity contribution in [1.29, 1.82) is 0 Å². The first-order valence-corrected chi connectivity index (χ1v) is 30.7. The number of benzene rings is 5. The van der Waals surface area contributed by atoms with Gasteiger partial charge in [0.15, 0.2) is 0 Å². The van der Waals surface area contributed by atoms with Crippen molar-refractivity contribution in [3.8, 4) is 23.0 Å². The Bertz CT molecular complexity index is 3210. The van der Waals surface area contributed by atoms with Crippen LogP contribution in [0.25, 0.3) is 0 Å². The van der Waals surface area contributed by atoms with Gasteiger partial charge in [-0.1, -0.05) is 162 Å². The summed E-state index contributed by atoms with van der Waals surface area (Å²) in [5.74, 6) is 0.529. The Kier molecular flexibility index (Phi) is 39.9. The molecular formula is C66H80Br3Cs2N3O16. The third-order valence-electron chi connectivity index (χ3n) is 13.4. The van der Waals surface area contributed by atoms with Crippen LogP contribution in [0.1, 0.15) is 139 Å². The summed E-state index contributed by atoms with van der Waals surface area (Å²) in [7, 11) is 0. The van der Waals surface area contributed by atoms with Crippen LogP contribution in [0.3, 0.4) is 0 Å². The van der Waals surface area contributed by atoms with Crippen molar-refractivity contribution in [2.75, 3.05) is 46.2 Å². The van der Waals surface area contributed by atoms with Gasteiger partial charge in [-0.3, -0.25) is 14.4 Å². The molecule has 0 bridgehead atoms. The van der Waals surface area contributed by atoms with Gasteiger partial charge in [-0.25, -0.2) is 9.69 Å². The molecule has 19 nitrogen and oxygen atoms in total. The van der Waals surface area contributed by atoms with E-state index < -0.39 is 23.9 Å². The molecular weight excluding hydrogens is 1600 g/mol. The second-order valence-corrected chi connectivity index (χ2v) is 24.0. The van der Waals surface area contributed by atoms with Crippen LogP contribution in [0.2, 0.25) is 0 Å². The molecule has 0 spiro atoms. The van der Waals surface area contributed by atoms with Gasteiger partial charge in [-0.15, -0.1) is 0 Å². The Labute approximate surface area is 672 Å². The second-order valence-electron chi connectivity index (χ2n) is 21.7. The molecule has 0 saturated carbocycles. The van der Waals surface area contributed by atoms with E-state index in [2.05, 4.69) is 123 Å². The van der Waals surface area contributed by atoms with E-state index in [0.717, 1.165) is 60.2 Å². The van der Waals surface area contributed by atoms with Crippen LogP contribution in [-0.2, 0) is 62.7 Å². The largest absolute Gasteiger partial charge is 1.00 e. The Morgan fingerprint density at radius 3 is 1.64 bits per heavy atom. The van der Waals surface area contributed by atoms with Gasteiger partial charge < -0.3 is 59.3 Å². The molecule has 8 rings (SSSR count). The fourth-order valence-corrected chi connectivity index (χ4v) is 10.8. The monoisotopic (exact) mass is 1670 g/mol. The van der Waals surface area contributed by atoms with Crippen LogP contribution < -0.4 is 157 Å². The summed E-state index contributed by atoms with van der Waals surface area (Å²) in [5.41, 5.74) is 8.23. The number of halogens is 3. The summed E-state index contributed by atoms with van der Waals surface area (Å²) in [4.78, 5) is 49.2. The number of cyclic esters (lactones) is 1. The number of nitrogens with zero attached hydrogens (tertiary/aromatic N) is 3. The van der Waals surface area contributed by atoms with E-state index in [1.54, 1.807) is 36.4 Å². The average Bonchev–Trinajstić information content (AvgIpc) is 1.45. The number of aromatic nitrogens is 2. The number of amides is 2. The molecule has 1 fully saturated rings. The minimum atomic E-state index is -0.902. The number of phenolic OH excluding ortho intramolecular Hbond substituents is 1. The maximum atomic E-state index is 13.1. The molecule has 5 aromatic carbocycles. The third kappa shape index (κ3) is 27.4. The first-order chi connectivity index (χ1) is 41.6. The minimum Gasteiger partial charge on any atom is -1.00 e. The summed E-state index contributed by atoms with van der Waals surface area (Å²) < 4.78 is 45.8. The van der Waals surface area contributed by atoms with Crippen molar-refractivity contribution in [1.82, 2.24) is 15.2 Å². The number of carboxylic acids is 1. The summed E-state index contributed by atoms with van der Waals surface area (Å²) in [5, 5.41) is 36.0. The van der Waals surface area contributed by atoms with Gasteiger partial charge >= 0.3 is 150 Å². The van der Waals surface area contributed by atoms with Gasteiger partial charge in [-0.2, -0.15) is 0 Å². The fraction of sp³-hybridized carbons (Fsp3) is 0.394. The Morgan fingerprint density at radius 2 is 1.20 bits per heavy atom. The van der Waals surface area contributed by atoms with Crippen LogP contribution in [0.4, 0.5) is 4.79 Å². The number of phenols is 1. The number of hydrogen-bond donors (Lipinski definition) is 2. The molecule has 2 N–H and O–H groups in total. The molecule has 2 aromatic heterocycles. The maximum absolute atomic E-state index is 13.1. The summed E-state index contributed by atoms with van der Waals surface area (Å²) in [6, 6.07) is 35.0. The molecule has 90 heavy (non-hydrogen) atoms. The quantitative estimate of drug-likeness (QED) is 0.0180. The van der Waals surface area contributed by atoms with E-state index in [4.69, 9.17) is 47.5 Å². The SMILES string of the molecule is C.CCOCCOc1cc(CBr)c(Br)cc1C(C)(C)C.CCOCCOc1cc(COc2ccc([C@H](CC(=O)O)c3ccon3)cc2)c(Br)cc1C(C)(C)C.O=C(C[C@@H](c1ccc(O)cc1)c1ccon1)N1C(=O)OC[C@@H]1Cc1ccccc1.O=CO[O-].[Cs+].[Cs+].[H-]. The molecule has 3 heterocycles. The molecule has 0 unspecified atom stereocenters. The fourth-order valence-electron chi connectivity index (χ4n) is 9.03. The molecule has 24 heteroatoms. The molecule has 1 saturated heterocycles. The number of ether oxygens (including phenoxy) is 6. The van der Waals surface area contributed by atoms with Crippen LogP contribution in [0.15, 0.2) is 146 Å². The molecule has 0 radical (unpaired) electrons. The number of rotatable bonds is 25. The summed E-state index contributed by atoms with van der Waals surface area (Å²) in [6.07, 6.45) is 2.74. The number of hydrogen-bond acceptors (Lipinski definition) is 17. The van der Waals surface area contributed by atoms with Crippen LogP contribution in [0, 0.1) is 0 Å². The molecule has 478 valence electrons. The van der Waals surface area contributed by atoms with Gasteiger partial charge in [0.2, 0.25) is 5.91 Å². The molecule has 2 amide bonds. The number of carbonyl (C=O) groups is 4. The topological polar surface area (TPSA) is 252 Å². The van der Waals surface area contributed by atoms with E-state index in [1.807, 2.05) is 74.5 Å². The Morgan fingerprint density at radius 1 is 0.722 bits per heavy atom. The van der Waals surface area contributed by atoms with Gasteiger partial charge in [0, 0.05) is 74.6 Å². The van der Waals surface area contributed by atoms with Crippen LogP contribution in [-0.4, -0.2) is 102 Å². The standard InChI is InChI=1S/C27H32BrNO6.C22H20N2O5.C15H22Br2O2.CH2O3.CH4.2Cs.H/c1-5-32-12-13-33-25-14-19(23(28)16-22(25)27(2,3)4)17-34-20-8-6-18(7-9-20)21(15-26(30)31)24-10-11-35-29-24;25-18-8-6-16(7-9-18)19(20-10-11-29-23-20)13-21(26)24-17(14-28-22(24)27)12-15-4-2-1-3-5-15;1-5-18-6-7-19-14-8-11(10-16)13(17)9-12(14)15(2,3)4;2-1-4-3;;;;/h6-11,14,16,21H,5,12-13,15,17H2,1-4H3,(H,30,31);1-11,17,19,25H,12-14H2;8-9H,5-7,10H2,1-4H3;1,3H;1H4;;;/q;;;;;2*+1;-1/p-1/t21-;17-,19-;;;;;;/m00....../s1. The second kappa shape index (κ2) is 43.2. The number of carboxylic acid groups (broad SMARTS) is 1. The first kappa shape index (κ1) is 83.1. The number of aliphatic carboxylic acids is 1. The van der Waals surface area contributed by atoms with Gasteiger partial charge in [0.1, 0.15) is 62.0 Å². The zero-order valence-corrected chi connectivity index (χ0v) is 69.3. The maximum Gasteiger partial charge on any atom is 1.00 e. The Balaban J connectivity index is 0.000000671. The van der Waals surface area contributed by atoms with Crippen molar-refractivity contribution < 1.29 is 216 Å².